The average Bonchev–Trinajstić information content (AvgIpc) is 2.74. The Kier molecular flexibility index (Phi) is 7.60. The summed E-state index contributed by atoms with van der Waals surface area (Å²) in [5.74, 6) is 1.93. The van der Waals surface area contributed by atoms with Crippen LogP contribution < -0.4 is 0 Å². The summed E-state index contributed by atoms with van der Waals surface area (Å²) in [5, 5.41) is 0.633. The van der Waals surface area contributed by atoms with Crippen LogP contribution in [0.5, 0.6) is 0 Å². The number of amides is 1. The third-order valence-electron chi connectivity index (χ3n) is 4.12. The van der Waals surface area contributed by atoms with Gasteiger partial charge in [0.2, 0.25) is 5.91 Å². The summed E-state index contributed by atoms with van der Waals surface area (Å²) >= 11 is 3.66. The number of rotatable bonds is 5. The number of carbonyl (C=O) groups excluding carboxylic acids is 1. The predicted molar refractivity (Wildman–Crippen MR) is 88.7 cm³/mol. The molecule has 0 bridgehead atoms. The maximum atomic E-state index is 12.3. The number of likely N-dealkylation sites (tertiary alicyclic amines) is 1. The second-order valence-corrected chi connectivity index (χ2v) is 7.87. The summed E-state index contributed by atoms with van der Waals surface area (Å²) in [5.41, 5.74) is 0. The van der Waals surface area contributed by atoms with Crippen molar-refractivity contribution < 1.29 is 9.53 Å². The minimum atomic E-state index is 0.326. The molecule has 2 aliphatic heterocycles. The lowest BCUT2D eigenvalue weighted by Gasteiger charge is -2.25. The van der Waals surface area contributed by atoms with Crippen LogP contribution in [0.25, 0.3) is 0 Å². The molecule has 0 aromatic carbocycles. The van der Waals surface area contributed by atoms with Crippen molar-refractivity contribution in [1.82, 2.24) is 4.90 Å². The SMILES string of the molecule is CS[C@H]1CCCCN(C(=O)CSC[C@H]2CCCCO2)C1. The molecule has 2 saturated heterocycles. The van der Waals surface area contributed by atoms with Crippen molar-refractivity contribution in [2.75, 3.05) is 37.5 Å². The molecule has 20 heavy (non-hydrogen) atoms. The van der Waals surface area contributed by atoms with Crippen LogP contribution in [0.2, 0.25) is 0 Å². The molecule has 2 aliphatic rings. The molecular weight excluding hydrogens is 290 g/mol. The first-order chi connectivity index (χ1) is 9.79. The standard InChI is InChI=1S/C15H27NO2S2/c1-19-14-7-2-4-8-16(10-14)15(17)12-20-11-13-6-3-5-9-18-13/h13-14H,2-12H2,1H3/t13-,14+/m1/s1. The zero-order valence-electron chi connectivity index (χ0n) is 12.5. The molecule has 2 heterocycles. The summed E-state index contributed by atoms with van der Waals surface area (Å²) < 4.78 is 5.71. The molecule has 0 spiro atoms. The van der Waals surface area contributed by atoms with Crippen LogP contribution in [-0.2, 0) is 9.53 Å². The number of hydrogen-bond donors (Lipinski definition) is 0. The zero-order valence-corrected chi connectivity index (χ0v) is 14.1. The van der Waals surface area contributed by atoms with Gasteiger partial charge in [-0.2, -0.15) is 11.8 Å². The van der Waals surface area contributed by atoms with Crippen molar-refractivity contribution in [2.24, 2.45) is 0 Å². The quantitative estimate of drug-likeness (QED) is 0.779. The van der Waals surface area contributed by atoms with Gasteiger partial charge in [0.15, 0.2) is 0 Å². The fourth-order valence-electron chi connectivity index (χ4n) is 2.83. The summed E-state index contributed by atoms with van der Waals surface area (Å²) in [6, 6.07) is 0. The normalized spacial score (nSPS) is 28.1. The fraction of sp³-hybridized carbons (Fsp3) is 0.933. The second-order valence-electron chi connectivity index (χ2n) is 5.70. The lowest BCUT2D eigenvalue weighted by molar-refractivity contribution is -0.128. The van der Waals surface area contributed by atoms with E-state index in [9.17, 15) is 4.79 Å². The van der Waals surface area contributed by atoms with Crippen LogP contribution in [-0.4, -0.2) is 59.6 Å². The van der Waals surface area contributed by atoms with Gasteiger partial charge in [-0.15, -0.1) is 11.8 Å². The van der Waals surface area contributed by atoms with Crippen molar-refractivity contribution in [2.45, 2.75) is 49.9 Å². The summed E-state index contributed by atoms with van der Waals surface area (Å²) in [7, 11) is 0. The zero-order chi connectivity index (χ0) is 14.2. The fourth-order valence-corrected chi connectivity index (χ4v) is 4.56. The van der Waals surface area contributed by atoms with E-state index < -0.39 is 0 Å². The van der Waals surface area contributed by atoms with E-state index in [4.69, 9.17) is 4.74 Å². The Morgan fingerprint density at radius 1 is 1.25 bits per heavy atom. The minimum absolute atomic E-state index is 0.326. The lowest BCUT2D eigenvalue weighted by Crippen LogP contribution is -2.37. The number of thioether (sulfide) groups is 2. The van der Waals surface area contributed by atoms with Gasteiger partial charge < -0.3 is 9.64 Å². The van der Waals surface area contributed by atoms with Crippen molar-refractivity contribution in [3.63, 3.8) is 0 Å². The first-order valence-electron chi connectivity index (χ1n) is 7.79. The van der Waals surface area contributed by atoms with Crippen molar-refractivity contribution >= 4 is 29.4 Å². The minimum Gasteiger partial charge on any atom is -0.377 e. The summed E-state index contributed by atoms with van der Waals surface area (Å²) in [4.78, 5) is 14.4. The smallest absolute Gasteiger partial charge is 0.232 e. The van der Waals surface area contributed by atoms with Gasteiger partial charge >= 0.3 is 0 Å². The van der Waals surface area contributed by atoms with E-state index >= 15 is 0 Å². The lowest BCUT2D eigenvalue weighted by atomic mass is 10.1. The first kappa shape index (κ1) is 16.5. The predicted octanol–water partition coefficient (Wildman–Crippen LogP) is 3.03. The Bertz CT molecular complexity index is 296. The maximum Gasteiger partial charge on any atom is 0.232 e. The Labute approximate surface area is 131 Å². The summed E-state index contributed by atoms with van der Waals surface area (Å²) in [6.07, 6.45) is 9.87. The van der Waals surface area contributed by atoms with E-state index in [1.807, 2.05) is 11.8 Å². The molecule has 0 N–H and O–H groups in total. The van der Waals surface area contributed by atoms with Crippen molar-refractivity contribution in [3.05, 3.63) is 0 Å². The highest BCUT2D eigenvalue weighted by Crippen LogP contribution is 2.21. The Balaban J connectivity index is 1.67. The molecule has 5 heteroatoms. The van der Waals surface area contributed by atoms with E-state index in [1.54, 1.807) is 11.8 Å². The molecule has 116 valence electrons. The van der Waals surface area contributed by atoms with Gasteiger partial charge in [0, 0.05) is 30.7 Å². The van der Waals surface area contributed by atoms with Crippen molar-refractivity contribution in [3.8, 4) is 0 Å². The second kappa shape index (κ2) is 9.21. The molecule has 0 aromatic rings. The molecule has 2 rings (SSSR count). The molecule has 2 atom stereocenters. The van der Waals surface area contributed by atoms with E-state index in [0.717, 1.165) is 25.4 Å². The van der Waals surface area contributed by atoms with E-state index in [2.05, 4.69) is 11.2 Å². The summed E-state index contributed by atoms with van der Waals surface area (Å²) in [6.45, 7) is 2.80. The topological polar surface area (TPSA) is 29.5 Å². The largest absolute Gasteiger partial charge is 0.377 e. The van der Waals surface area contributed by atoms with Crippen molar-refractivity contribution in [1.29, 1.82) is 0 Å². The van der Waals surface area contributed by atoms with Gasteiger partial charge in [0.25, 0.3) is 0 Å². The first-order valence-corrected chi connectivity index (χ1v) is 10.2. The third kappa shape index (κ3) is 5.49. The molecule has 1 amide bonds. The number of carbonyl (C=O) groups is 1. The molecule has 0 radical (unpaired) electrons. The Morgan fingerprint density at radius 3 is 2.85 bits per heavy atom. The van der Waals surface area contributed by atoms with Gasteiger partial charge in [-0.25, -0.2) is 0 Å². The highest BCUT2D eigenvalue weighted by atomic mass is 32.2. The van der Waals surface area contributed by atoms with Crippen LogP contribution >= 0.6 is 23.5 Å². The van der Waals surface area contributed by atoms with Gasteiger partial charge in [-0.05, 0) is 38.4 Å². The molecule has 0 saturated carbocycles. The van der Waals surface area contributed by atoms with Gasteiger partial charge in [-0.3, -0.25) is 4.79 Å². The van der Waals surface area contributed by atoms with E-state index in [1.165, 1.54) is 38.5 Å². The molecule has 2 fully saturated rings. The van der Waals surface area contributed by atoms with E-state index in [-0.39, 0.29) is 0 Å². The van der Waals surface area contributed by atoms with Crippen LogP contribution in [0.15, 0.2) is 0 Å². The van der Waals surface area contributed by atoms with Crippen LogP contribution in [0.4, 0.5) is 0 Å². The number of nitrogens with zero attached hydrogens (tertiary/aromatic N) is 1. The van der Waals surface area contributed by atoms with Crippen LogP contribution in [0, 0.1) is 0 Å². The molecule has 0 aliphatic carbocycles. The van der Waals surface area contributed by atoms with E-state index in [0.29, 0.717) is 23.0 Å². The van der Waals surface area contributed by atoms with Gasteiger partial charge in [-0.1, -0.05) is 6.42 Å². The molecule has 3 nitrogen and oxygen atoms in total. The van der Waals surface area contributed by atoms with Gasteiger partial charge in [0.05, 0.1) is 11.9 Å². The highest BCUT2D eigenvalue weighted by molar-refractivity contribution is 8.00. The third-order valence-corrected chi connectivity index (χ3v) is 6.23. The monoisotopic (exact) mass is 317 g/mol. The van der Waals surface area contributed by atoms with Gasteiger partial charge in [0.1, 0.15) is 0 Å². The average molecular weight is 318 g/mol. The highest BCUT2D eigenvalue weighted by Gasteiger charge is 2.22. The van der Waals surface area contributed by atoms with Crippen LogP contribution in [0.1, 0.15) is 38.5 Å². The molecule has 0 aromatic heterocycles. The number of hydrogen-bond acceptors (Lipinski definition) is 4. The number of ether oxygens (including phenoxy) is 1. The van der Waals surface area contributed by atoms with Crippen LogP contribution in [0.3, 0.4) is 0 Å². The Morgan fingerprint density at radius 2 is 2.10 bits per heavy atom. The molecule has 0 unspecified atom stereocenters. The molecular formula is C15H27NO2S2. The Hall–Kier alpha value is 0.130. The maximum absolute atomic E-state index is 12.3.